The summed E-state index contributed by atoms with van der Waals surface area (Å²) in [4.78, 5) is 22.6. The number of nitrogens with zero attached hydrogens (tertiary/aromatic N) is 4. The Balaban J connectivity index is 1.16. The van der Waals surface area contributed by atoms with E-state index in [0.717, 1.165) is 63.2 Å². The Morgan fingerprint density at radius 1 is 0.875 bits per heavy atom. The second kappa shape index (κ2) is 7.55. The molecule has 3 N–H and O–H groups in total. The molecule has 2 atom stereocenters. The number of aromatic amines is 1. The first kappa shape index (κ1) is 19.0. The number of thiazole rings is 2. The van der Waals surface area contributed by atoms with Crippen LogP contribution in [0.2, 0.25) is 0 Å². The van der Waals surface area contributed by atoms with Crippen LogP contribution >= 0.6 is 22.7 Å². The Morgan fingerprint density at radius 3 is 2.34 bits per heavy atom. The van der Waals surface area contributed by atoms with Gasteiger partial charge in [0, 0.05) is 29.9 Å². The molecule has 0 radical (unpaired) electrons. The zero-order valence-electron chi connectivity index (χ0n) is 17.5. The van der Waals surface area contributed by atoms with Crippen molar-refractivity contribution in [2.24, 2.45) is 4.99 Å². The maximum atomic E-state index is 4.95. The molecule has 7 rings (SSSR count). The number of rotatable bonds is 4. The second-order valence-electron chi connectivity index (χ2n) is 8.76. The fourth-order valence-electron chi connectivity index (χ4n) is 4.90. The van der Waals surface area contributed by atoms with Crippen LogP contribution in [0.25, 0.3) is 36.7 Å². The molecule has 9 heteroatoms. The molecule has 0 spiro atoms. The fourth-order valence-corrected chi connectivity index (χ4v) is 6.84. The van der Waals surface area contributed by atoms with Crippen LogP contribution < -0.4 is 10.6 Å². The normalized spacial score (nSPS) is 23.5. The standard InChI is InChI=1S/C23H23N7S2/c1-3-13(24-5-1)15-7-12(10-26-15)22-29-16-8-20-17(9-19(16)31-22)30-23(32-20)18-11-27-21(28-18)14-4-2-6-25-14/h8-11,13-14,24-25H,1-7H2,(H,27,28)/t13-,14-/m0/s1. The van der Waals surface area contributed by atoms with Crippen molar-refractivity contribution in [2.75, 3.05) is 13.1 Å². The van der Waals surface area contributed by atoms with E-state index in [1.807, 2.05) is 12.4 Å². The molecule has 2 saturated heterocycles. The average Bonchev–Trinajstić information content (AvgIpc) is 3.65. The zero-order valence-corrected chi connectivity index (χ0v) is 19.2. The molecule has 0 unspecified atom stereocenters. The van der Waals surface area contributed by atoms with Crippen molar-refractivity contribution in [3.63, 3.8) is 0 Å². The number of allylic oxidation sites excluding steroid dienone is 1. The van der Waals surface area contributed by atoms with Crippen molar-refractivity contribution >= 4 is 54.4 Å². The molecule has 3 aliphatic heterocycles. The summed E-state index contributed by atoms with van der Waals surface area (Å²) in [6, 6.07) is 5.14. The maximum Gasteiger partial charge on any atom is 0.142 e. The van der Waals surface area contributed by atoms with Crippen LogP contribution in [0, 0.1) is 0 Å². The smallest absolute Gasteiger partial charge is 0.142 e. The summed E-state index contributed by atoms with van der Waals surface area (Å²) in [5.74, 6) is 1.02. The van der Waals surface area contributed by atoms with Gasteiger partial charge in [0.2, 0.25) is 0 Å². The van der Waals surface area contributed by atoms with Gasteiger partial charge in [-0.15, -0.1) is 22.7 Å². The minimum atomic E-state index is 0.338. The van der Waals surface area contributed by atoms with Gasteiger partial charge < -0.3 is 15.6 Å². The monoisotopic (exact) mass is 461 g/mol. The first-order valence-corrected chi connectivity index (χ1v) is 12.9. The summed E-state index contributed by atoms with van der Waals surface area (Å²) in [5.41, 5.74) is 5.55. The lowest BCUT2D eigenvalue weighted by atomic mass is 10.0. The van der Waals surface area contributed by atoms with E-state index in [1.165, 1.54) is 35.2 Å². The number of imidazole rings is 1. The van der Waals surface area contributed by atoms with Gasteiger partial charge in [0.15, 0.2) is 0 Å². The summed E-state index contributed by atoms with van der Waals surface area (Å²) < 4.78 is 2.34. The highest BCUT2D eigenvalue weighted by Gasteiger charge is 2.25. The van der Waals surface area contributed by atoms with Gasteiger partial charge in [0.25, 0.3) is 0 Å². The molecular weight excluding hydrogens is 438 g/mol. The van der Waals surface area contributed by atoms with Gasteiger partial charge in [-0.1, -0.05) is 0 Å². The molecule has 162 valence electrons. The molecule has 0 bridgehead atoms. The highest BCUT2D eigenvalue weighted by Crippen LogP contribution is 2.37. The van der Waals surface area contributed by atoms with Crippen LogP contribution in [0.15, 0.2) is 29.5 Å². The summed E-state index contributed by atoms with van der Waals surface area (Å²) in [6.07, 6.45) is 9.61. The second-order valence-corrected chi connectivity index (χ2v) is 10.8. The lowest BCUT2D eigenvalue weighted by Gasteiger charge is -2.09. The van der Waals surface area contributed by atoms with E-state index in [2.05, 4.69) is 32.7 Å². The van der Waals surface area contributed by atoms with Gasteiger partial charge >= 0.3 is 0 Å². The van der Waals surface area contributed by atoms with Crippen molar-refractivity contribution in [1.82, 2.24) is 30.6 Å². The first-order chi connectivity index (χ1) is 15.8. The molecule has 2 fully saturated rings. The van der Waals surface area contributed by atoms with Gasteiger partial charge in [0.05, 0.1) is 38.4 Å². The predicted molar refractivity (Wildman–Crippen MR) is 131 cm³/mol. The quantitative estimate of drug-likeness (QED) is 0.411. The van der Waals surface area contributed by atoms with Crippen molar-refractivity contribution in [3.05, 3.63) is 35.4 Å². The lowest BCUT2D eigenvalue weighted by Crippen LogP contribution is -2.29. The van der Waals surface area contributed by atoms with Crippen molar-refractivity contribution in [2.45, 2.75) is 44.2 Å². The first-order valence-electron chi connectivity index (χ1n) is 11.3. The molecule has 0 saturated carbocycles. The SMILES string of the molecule is C1=C(c2nc3cc4sc(-c5cnc([C@@H]6CCCN6)[nH]5)nc4cc3s2)CC([C@@H]2CCCN2)=N1. The van der Waals surface area contributed by atoms with Crippen LogP contribution in [0.1, 0.15) is 49.0 Å². The number of nitrogens with one attached hydrogen (secondary N) is 3. The van der Waals surface area contributed by atoms with Crippen molar-refractivity contribution in [1.29, 1.82) is 0 Å². The van der Waals surface area contributed by atoms with E-state index < -0.39 is 0 Å². The Morgan fingerprint density at radius 2 is 1.59 bits per heavy atom. The summed E-state index contributed by atoms with van der Waals surface area (Å²) in [7, 11) is 0. The molecule has 32 heavy (non-hydrogen) atoms. The number of hydrogen-bond donors (Lipinski definition) is 3. The lowest BCUT2D eigenvalue weighted by molar-refractivity contribution is 0.613. The molecule has 6 heterocycles. The van der Waals surface area contributed by atoms with Crippen LogP contribution in [0.5, 0.6) is 0 Å². The van der Waals surface area contributed by atoms with Gasteiger partial charge in [-0.2, -0.15) is 0 Å². The number of hydrogen-bond acceptors (Lipinski definition) is 8. The molecule has 3 aliphatic rings. The Bertz CT molecular complexity index is 1330. The highest BCUT2D eigenvalue weighted by atomic mass is 32.1. The largest absolute Gasteiger partial charge is 0.339 e. The summed E-state index contributed by atoms with van der Waals surface area (Å²) in [5, 5.41) is 9.11. The summed E-state index contributed by atoms with van der Waals surface area (Å²) >= 11 is 3.44. The third kappa shape index (κ3) is 3.23. The number of aromatic nitrogens is 4. The van der Waals surface area contributed by atoms with E-state index >= 15 is 0 Å². The molecule has 3 aromatic heterocycles. The number of aliphatic imine (C=N–C) groups is 1. The van der Waals surface area contributed by atoms with E-state index in [1.54, 1.807) is 22.7 Å². The van der Waals surface area contributed by atoms with E-state index in [4.69, 9.17) is 15.0 Å². The highest BCUT2D eigenvalue weighted by molar-refractivity contribution is 7.22. The minimum Gasteiger partial charge on any atom is -0.339 e. The average molecular weight is 462 g/mol. The Hall–Kier alpha value is -2.46. The molecule has 7 nitrogen and oxygen atoms in total. The van der Waals surface area contributed by atoms with Crippen LogP contribution in [-0.4, -0.2) is 44.8 Å². The van der Waals surface area contributed by atoms with Crippen molar-refractivity contribution in [3.8, 4) is 10.7 Å². The number of H-pyrrole nitrogens is 1. The Labute approximate surface area is 193 Å². The molecule has 1 aromatic carbocycles. The van der Waals surface area contributed by atoms with E-state index in [0.29, 0.717) is 12.1 Å². The zero-order chi connectivity index (χ0) is 21.1. The minimum absolute atomic E-state index is 0.338. The van der Waals surface area contributed by atoms with Crippen LogP contribution in [0.4, 0.5) is 0 Å². The molecular formula is C23H23N7S2. The molecule has 4 aromatic rings. The molecule has 0 aliphatic carbocycles. The van der Waals surface area contributed by atoms with Gasteiger partial charge in [-0.3, -0.25) is 4.99 Å². The fraction of sp³-hybridized carbons (Fsp3) is 0.391. The third-order valence-electron chi connectivity index (χ3n) is 6.61. The third-order valence-corrected chi connectivity index (χ3v) is 8.75. The number of benzene rings is 1. The Kier molecular flexibility index (Phi) is 4.50. The van der Waals surface area contributed by atoms with Gasteiger partial charge in [-0.25, -0.2) is 15.0 Å². The van der Waals surface area contributed by atoms with Gasteiger partial charge in [0.1, 0.15) is 15.8 Å². The van der Waals surface area contributed by atoms with Crippen molar-refractivity contribution < 1.29 is 0 Å². The van der Waals surface area contributed by atoms with Crippen LogP contribution in [0.3, 0.4) is 0 Å². The molecule has 0 amide bonds. The van der Waals surface area contributed by atoms with E-state index in [-0.39, 0.29) is 0 Å². The maximum absolute atomic E-state index is 4.95. The predicted octanol–water partition coefficient (Wildman–Crippen LogP) is 4.66. The van der Waals surface area contributed by atoms with E-state index in [9.17, 15) is 0 Å². The summed E-state index contributed by atoms with van der Waals surface area (Å²) in [6.45, 7) is 2.17. The van der Waals surface area contributed by atoms with Gasteiger partial charge in [-0.05, 0) is 50.9 Å². The topological polar surface area (TPSA) is 90.9 Å². The number of fused-ring (bicyclic) bond motifs is 2. The van der Waals surface area contributed by atoms with Crippen LogP contribution in [-0.2, 0) is 0 Å².